The number of methoxy groups -OCH3 is 2. The largest absolute Gasteiger partial charge is 0.480 e. The smallest absolute Gasteiger partial charge is 0.330 e. The predicted molar refractivity (Wildman–Crippen MR) is 131 cm³/mol. The Bertz CT molecular complexity index is 908. The summed E-state index contributed by atoms with van der Waals surface area (Å²) >= 11 is 1.37. The third kappa shape index (κ3) is 14.9. The van der Waals surface area contributed by atoms with E-state index in [1.807, 2.05) is 0 Å². The second kappa shape index (κ2) is 18.4. The number of aliphatic carboxylic acids is 1. The van der Waals surface area contributed by atoms with Crippen LogP contribution in [0.3, 0.4) is 0 Å². The van der Waals surface area contributed by atoms with Gasteiger partial charge >= 0.3 is 17.9 Å². The van der Waals surface area contributed by atoms with Gasteiger partial charge in [0.15, 0.2) is 0 Å². The Labute approximate surface area is 216 Å². The topological polar surface area (TPSA) is 232 Å². The molecule has 0 aliphatic rings. The van der Waals surface area contributed by atoms with Crippen molar-refractivity contribution in [3.05, 3.63) is 24.3 Å². The number of nitrogens with two attached hydrogens (primary N) is 1. The van der Waals surface area contributed by atoms with Crippen LogP contribution in [-0.2, 0) is 43.0 Å². The molecule has 0 aromatic rings. The van der Waals surface area contributed by atoms with Gasteiger partial charge in [-0.2, -0.15) is 11.8 Å². The minimum Gasteiger partial charge on any atom is -0.480 e. The van der Waals surface area contributed by atoms with Crippen LogP contribution in [0.5, 0.6) is 0 Å². The molecule has 37 heavy (non-hydrogen) atoms. The van der Waals surface area contributed by atoms with E-state index in [4.69, 9.17) is 5.73 Å². The van der Waals surface area contributed by atoms with Crippen LogP contribution in [0.15, 0.2) is 24.3 Å². The van der Waals surface area contributed by atoms with Gasteiger partial charge in [0, 0.05) is 37.4 Å². The normalized spacial score (nSPS) is 13.2. The van der Waals surface area contributed by atoms with Gasteiger partial charge < -0.3 is 41.6 Å². The quantitative estimate of drug-likeness (QED) is 0.0832. The molecule has 0 aromatic heterocycles. The van der Waals surface area contributed by atoms with E-state index in [-0.39, 0.29) is 13.0 Å². The Kier molecular flexibility index (Phi) is 16.4. The van der Waals surface area contributed by atoms with E-state index in [1.54, 1.807) is 6.26 Å². The van der Waals surface area contributed by atoms with Crippen molar-refractivity contribution in [2.45, 2.75) is 24.5 Å². The van der Waals surface area contributed by atoms with Gasteiger partial charge in [0.1, 0.15) is 18.1 Å². The Hall–Kier alpha value is -3.92. The lowest BCUT2D eigenvalue weighted by Crippen LogP contribution is -2.57. The first-order chi connectivity index (χ1) is 17.4. The molecule has 0 aromatic carbocycles. The van der Waals surface area contributed by atoms with Crippen molar-refractivity contribution in [3.8, 4) is 0 Å². The molecule has 0 rings (SSSR count). The zero-order chi connectivity index (χ0) is 28.4. The summed E-state index contributed by atoms with van der Waals surface area (Å²) in [7, 11) is 2.24. The highest BCUT2D eigenvalue weighted by Gasteiger charge is 2.28. The molecule has 15 nitrogen and oxygen atoms in total. The van der Waals surface area contributed by atoms with Gasteiger partial charge in [-0.05, 0) is 18.4 Å². The first kappa shape index (κ1) is 33.1. The molecule has 7 N–H and O–H groups in total. The average molecular weight is 546 g/mol. The van der Waals surface area contributed by atoms with Gasteiger partial charge in [0.2, 0.25) is 23.6 Å². The molecule has 4 amide bonds. The summed E-state index contributed by atoms with van der Waals surface area (Å²) in [6.07, 6.45) is 5.32. The number of hydrogen-bond acceptors (Lipinski definition) is 11. The number of esters is 2. The first-order valence-electron chi connectivity index (χ1n) is 10.6. The molecule has 16 heteroatoms. The molecule has 0 radical (unpaired) electrons. The molecule has 0 unspecified atom stereocenters. The van der Waals surface area contributed by atoms with Crippen molar-refractivity contribution in [2.75, 3.05) is 39.3 Å². The molecule has 0 saturated carbocycles. The molecule has 0 spiro atoms. The van der Waals surface area contributed by atoms with E-state index in [2.05, 4.69) is 30.7 Å². The highest BCUT2D eigenvalue weighted by molar-refractivity contribution is 7.98. The molecular formula is C21H31N5O10S. The second-order valence-corrected chi connectivity index (χ2v) is 8.04. The van der Waals surface area contributed by atoms with Crippen LogP contribution in [-0.4, -0.2) is 104 Å². The second-order valence-electron chi connectivity index (χ2n) is 7.05. The van der Waals surface area contributed by atoms with Crippen LogP contribution in [0, 0.1) is 0 Å². The van der Waals surface area contributed by atoms with Gasteiger partial charge in [-0.15, -0.1) is 0 Å². The van der Waals surface area contributed by atoms with E-state index in [0.717, 1.165) is 38.5 Å². The standard InChI is InChI=1S/C21H31N5O10S/c1-35-17(29)6-4-15(27)23-10-12(22)19(31)25-13(8-9-37-3)20(32)26-14(21(33)34)11-24-16(28)5-7-18(30)36-2/h4-7,12-14H,8-11,22H2,1-3H3,(H,23,27)(H,24,28)(H,25,31)(H,26,32)(H,33,34)/b6-4+,7-5+/t12-,13-,14-/m0/s1. The third-order valence-electron chi connectivity index (χ3n) is 4.32. The fourth-order valence-electron chi connectivity index (χ4n) is 2.30. The van der Waals surface area contributed by atoms with Crippen molar-refractivity contribution in [1.82, 2.24) is 21.3 Å². The predicted octanol–water partition coefficient (Wildman–Crippen LogP) is -3.19. The number of carboxylic acids is 1. The molecule has 3 atom stereocenters. The van der Waals surface area contributed by atoms with E-state index in [1.165, 1.54) is 11.8 Å². The number of carboxylic acid groups (broad SMARTS) is 1. The fraction of sp³-hybridized carbons (Fsp3) is 0.476. The van der Waals surface area contributed by atoms with Crippen LogP contribution in [0.1, 0.15) is 6.42 Å². The van der Waals surface area contributed by atoms with E-state index < -0.39 is 66.2 Å². The Morgan fingerprint density at radius 2 is 1.30 bits per heavy atom. The van der Waals surface area contributed by atoms with Crippen LogP contribution in [0.4, 0.5) is 0 Å². The average Bonchev–Trinajstić information content (AvgIpc) is 2.88. The number of hydrogen-bond donors (Lipinski definition) is 6. The summed E-state index contributed by atoms with van der Waals surface area (Å²) in [5.41, 5.74) is 5.75. The van der Waals surface area contributed by atoms with Crippen molar-refractivity contribution < 1.29 is 48.1 Å². The number of carbonyl (C=O) groups excluding carboxylic acids is 6. The van der Waals surface area contributed by atoms with Gasteiger partial charge in [-0.25, -0.2) is 14.4 Å². The number of carbonyl (C=O) groups is 7. The molecule has 206 valence electrons. The zero-order valence-corrected chi connectivity index (χ0v) is 21.3. The zero-order valence-electron chi connectivity index (χ0n) is 20.5. The molecular weight excluding hydrogens is 514 g/mol. The maximum absolute atomic E-state index is 12.7. The maximum Gasteiger partial charge on any atom is 0.330 e. The number of thioether (sulfide) groups is 1. The van der Waals surface area contributed by atoms with Crippen molar-refractivity contribution >= 4 is 53.3 Å². The van der Waals surface area contributed by atoms with Crippen LogP contribution >= 0.6 is 11.8 Å². The Morgan fingerprint density at radius 1 is 0.811 bits per heavy atom. The Morgan fingerprint density at radius 3 is 1.76 bits per heavy atom. The molecule has 0 bridgehead atoms. The minimum atomic E-state index is -1.55. The van der Waals surface area contributed by atoms with Gasteiger partial charge in [0.05, 0.1) is 14.2 Å². The van der Waals surface area contributed by atoms with Crippen molar-refractivity contribution in [2.24, 2.45) is 5.73 Å². The minimum absolute atomic E-state index is 0.125. The van der Waals surface area contributed by atoms with Crippen molar-refractivity contribution in [3.63, 3.8) is 0 Å². The highest BCUT2D eigenvalue weighted by Crippen LogP contribution is 2.02. The number of rotatable bonds is 16. The molecule has 0 saturated heterocycles. The fourth-order valence-corrected chi connectivity index (χ4v) is 2.77. The van der Waals surface area contributed by atoms with Crippen LogP contribution in [0.25, 0.3) is 0 Å². The summed E-state index contributed by atoms with van der Waals surface area (Å²) in [5.74, 6) is -5.73. The molecule has 0 aliphatic heterocycles. The van der Waals surface area contributed by atoms with Crippen molar-refractivity contribution in [1.29, 1.82) is 0 Å². The Balaban J connectivity index is 5.07. The molecule has 0 aliphatic carbocycles. The number of ether oxygens (including phenoxy) is 2. The molecule has 0 fully saturated rings. The third-order valence-corrected chi connectivity index (χ3v) is 4.96. The molecule has 0 heterocycles. The van der Waals surface area contributed by atoms with E-state index in [9.17, 15) is 38.7 Å². The summed E-state index contributed by atoms with van der Waals surface area (Å²) in [6, 6.07) is -3.99. The summed E-state index contributed by atoms with van der Waals surface area (Å²) < 4.78 is 8.68. The summed E-state index contributed by atoms with van der Waals surface area (Å²) in [6.45, 7) is -0.838. The van der Waals surface area contributed by atoms with Gasteiger partial charge in [-0.1, -0.05) is 0 Å². The lowest BCUT2D eigenvalue weighted by molar-refractivity contribution is -0.142. The monoisotopic (exact) mass is 545 g/mol. The van der Waals surface area contributed by atoms with Crippen LogP contribution in [0.2, 0.25) is 0 Å². The summed E-state index contributed by atoms with van der Waals surface area (Å²) in [4.78, 5) is 82.1. The SMILES string of the molecule is COC(=O)/C=C/C(=O)NC[C@H](NC(=O)[C@H](CCSC)NC(=O)[C@@H](N)CNC(=O)/C=C/C(=O)OC)C(=O)O. The summed E-state index contributed by atoms with van der Waals surface area (Å²) in [5, 5.41) is 18.6. The lowest BCUT2D eigenvalue weighted by atomic mass is 10.1. The van der Waals surface area contributed by atoms with Crippen LogP contribution < -0.4 is 27.0 Å². The lowest BCUT2D eigenvalue weighted by Gasteiger charge is -2.23. The number of nitrogens with one attached hydrogen (secondary N) is 4. The number of amides is 4. The highest BCUT2D eigenvalue weighted by atomic mass is 32.2. The van der Waals surface area contributed by atoms with E-state index in [0.29, 0.717) is 5.75 Å². The maximum atomic E-state index is 12.7. The van der Waals surface area contributed by atoms with E-state index >= 15 is 0 Å². The van der Waals surface area contributed by atoms with Gasteiger partial charge in [-0.3, -0.25) is 19.2 Å². The first-order valence-corrected chi connectivity index (χ1v) is 12.0. The van der Waals surface area contributed by atoms with Gasteiger partial charge in [0.25, 0.3) is 0 Å².